The number of nitrogens with two attached hydrogens (primary N) is 1. The molecule has 3 atom stereocenters. The van der Waals surface area contributed by atoms with Gasteiger partial charge in [0.15, 0.2) is 0 Å². The van der Waals surface area contributed by atoms with Crippen LogP contribution in [-0.4, -0.2) is 46.5 Å². The van der Waals surface area contributed by atoms with Crippen LogP contribution in [-0.2, 0) is 11.2 Å². The minimum atomic E-state index is 0.220. The number of piperidine rings is 1. The van der Waals surface area contributed by atoms with E-state index in [1.165, 1.54) is 12.8 Å². The molecule has 0 aliphatic carbocycles. The van der Waals surface area contributed by atoms with E-state index in [9.17, 15) is 0 Å². The molecular formula is C14H25N5O. The van der Waals surface area contributed by atoms with Crippen LogP contribution in [0.1, 0.15) is 44.9 Å². The van der Waals surface area contributed by atoms with Gasteiger partial charge < -0.3 is 15.4 Å². The van der Waals surface area contributed by atoms with Crippen molar-refractivity contribution in [2.24, 2.45) is 5.73 Å². The Morgan fingerprint density at radius 1 is 1.40 bits per heavy atom. The number of aromatic nitrogens is 3. The standard InChI is InChI=1S/C14H25N5O/c1-10-12(15)5-2-8-19(10)14-16-13(17-18-14)7-6-11-4-3-9-20-11/h10-12H,2-9,15H2,1H3,(H,16,17,18). The minimum absolute atomic E-state index is 0.220. The molecular weight excluding hydrogens is 254 g/mol. The normalized spacial score (nSPS) is 30.9. The van der Waals surface area contributed by atoms with Gasteiger partial charge in [-0.25, -0.2) is 0 Å². The monoisotopic (exact) mass is 279 g/mol. The molecule has 3 N–H and O–H groups in total. The Hall–Kier alpha value is -1.14. The summed E-state index contributed by atoms with van der Waals surface area (Å²) in [6, 6.07) is 0.531. The van der Waals surface area contributed by atoms with Crippen LogP contribution >= 0.6 is 0 Å². The van der Waals surface area contributed by atoms with Crippen LogP contribution in [0.4, 0.5) is 5.95 Å². The number of aryl methyl sites for hydroxylation is 1. The van der Waals surface area contributed by atoms with Crippen molar-refractivity contribution in [2.75, 3.05) is 18.1 Å². The lowest BCUT2D eigenvalue weighted by molar-refractivity contribution is 0.104. The van der Waals surface area contributed by atoms with Crippen molar-refractivity contribution in [3.63, 3.8) is 0 Å². The third-order valence-corrected chi connectivity index (χ3v) is 4.55. The fraction of sp³-hybridized carbons (Fsp3) is 0.857. The highest BCUT2D eigenvalue weighted by Crippen LogP contribution is 2.22. The predicted octanol–water partition coefficient (Wildman–Crippen LogP) is 1.23. The van der Waals surface area contributed by atoms with E-state index in [0.29, 0.717) is 12.1 Å². The van der Waals surface area contributed by atoms with Crippen LogP contribution in [0, 0.1) is 0 Å². The highest BCUT2D eigenvalue weighted by molar-refractivity contribution is 5.32. The fourth-order valence-corrected chi connectivity index (χ4v) is 3.15. The van der Waals surface area contributed by atoms with Gasteiger partial charge in [-0.2, -0.15) is 4.98 Å². The van der Waals surface area contributed by atoms with E-state index >= 15 is 0 Å². The van der Waals surface area contributed by atoms with Crippen LogP contribution in [0.2, 0.25) is 0 Å². The molecule has 2 fully saturated rings. The maximum atomic E-state index is 6.13. The highest BCUT2D eigenvalue weighted by atomic mass is 16.5. The van der Waals surface area contributed by atoms with Crippen molar-refractivity contribution in [3.8, 4) is 0 Å². The van der Waals surface area contributed by atoms with Gasteiger partial charge in [-0.1, -0.05) is 0 Å². The molecule has 1 aromatic rings. The summed E-state index contributed by atoms with van der Waals surface area (Å²) in [5, 5.41) is 7.43. The van der Waals surface area contributed by atoms with E-state index in [2.05, 4.69) is 27.0 Å². The van der Waals surface area contributed by atoms with Gasteiger partial charge in [-0.3, -0.25) is 5.10 Å². The fourth-order valence-electron chi connectivity index (χ4n) is 3.15. The van der Waals surface area contributed by atoms with E-state index in [1.54, 1.807) is 0 Å². The highest BCUT2D eigenvalue weighted by Gasteiger charge is 2.27. The first-order valence-electron chi connectivity index (χ1n) is 7.79. The zero-order valence-electron chi connectivity index (χ0n) is 12.2. The molecule has 2 saturated heterocycles. The number of hydrogen-bond donors (Lipinski definition) is 2. The molecule has 20 heavy (non-hydrogen) atoms. The summed E-state index contributed by atoms with van der Waals surface area (Å²) in [5.74, 6) is 1.76. The first-order chi connectivity index (χ1) is 9.74. The van der Waals surface area contributed by atoms with E-state index in [-0.39, 0.29) is 6.04 Å². The van der Waals surface area contributed by atoms with E-state index in [1.807, 2.05) is 0 Å². The van der Waals surface area contributed by atoms with Gasteiger partial charge in [0, 0.05) is 31.7 Å². The average Bonchev–Trinajstić information content (AvgIpc) is 3.10. The second kappa shape index (κ2) is 6.10. The molecule has 3 unspecified atom stereocenters. The quantitative estimate of drug-likeness (QED) is 0.866. The summed E-state index contributed by atoms with van der Waals surface area (Å²) in [4.78, 5) is 6.85. The van der Waals surface area contributed by atoms with Crippen LogP contribution in [0.5, 0.6) is 0 Å². The van der Waals surface area contributed by atoms with E-state index in [4.69, 9.17) is 10.5 Å². The van der Waals surface area contributed by atoms with Crippen molar-refractivity contribution < 1.29 is 4.74 Å². The number of nitrogens with zero attached hydrogens (tertiary/aromatic N) is 3. The Morgan fingerprint density at radius 3 is 3.10 bits per heavy atom. The lowest BCUT2D eigenvalue weighted by Gasteiger charge is -2.36. The third kappa shape index (κ3) is 2.96. The number of aromatic amines is 1. The topological polar surface area (TPSA) is 80.1 Å². The number of H-pyrrole nitrogens is 1. The van der Waals surface area contributed by atoms with Gasteiger partial charge in [0.2, 0.25) is 5.95 Å². The summed E-state index contributed by atoms with van der Waals surface area (Å²) < 4.78 is 5.64. The molecule has 0 spiro atoms. The molecule has 0 radical (unpaired) electrons. The molecule has 112 valence electrons. The van der Waals surface area contributed by atoms with Crippen molar-refractivity contribution in [2.45, 2.75) is 63.6 Å². The van der Waals surface area contributed by atoms with Crippen molar-refractivity contribution in [3.05, 3.63) is 5.82 Å². The lowest BCUT2D eigenvalue weighted by atomic mass is 9.99. The van der Waals surface area contributed by atoms with Crippen LogP contribution < -0.4 is 10.6 Å². The Morgan fingerprint density at radius 2 is 2.30 bits per heavy atom. The predicted molar refractivity (Wildman–Crippen MR) is 77.7 cm³/mol. The van der Waals surface area contributed by atoms with Gasteiger partial charge in [-0.05, 0) is 39.0 Å². The lowest BCUT2D eigenvalue weighted by Crippen LogP contribution is -2.51. The number of ether oxygens (including phenoxy) is 1. The molecule has 3 heterocycles. The van der Waals surface area contributed by atoms with Crippen LogP contribution in [0.3, 0.4) is 0 Å². The summed E-state index contributed by atoms with van der Waals surface area (Å²) in [6.07, 6.45) is 6.93. The number of rotatable bonds is 4. The maximum Gasteiger partial charge on any atom is 0.244 e. The Balaban J connectivity index is 1.58. The summed E-state index contributed by atoms with van der Waals surface area (Å²) >= 11 is 0. The summed E-state index contributed by atoms with van der Waals surface area (Å²) in [5.41, 5.74) is 6.13. The Kier molecular flexibility index (Phi) is 4.21. The molecule has 0 saturated carbocycles. The molecule has 2 aliphatic heterocycles. The minimum Gasteiger partial charge on any atom is -0.378 e. The number of anilines is 1. The smallest absolute Gasteiger partial charge is 0.244 e. The first kappa shape index (κ1) is 13.8. The van der Waals surface area contributed by atoms with Gasteiger partial charge in [0.1, 0.15) is 5.82 Å². The zero-order chi connectivity index (χ0) is 13.9. The summed E-state index contributed by atoms with van der Waals surface area (Å²) in [7, 11) is 0. The zero-order valence-corrected chi connectivity index (χ0v) is 12.2. The van der Waals surface area contributed by atoms with Crippen molar-refractivity contribution >= 4 is 5.95 Å². The van der Waals surface area contributed by atoms with Crippen molar-refractivity contribution in [1.82, 2.24) is 15.2 Å². The first-order valence-corrected chi connectivity index (χ1v) is 7.79. The summed E-state index contributed by atoms with van der Waals surface area (Å²) in [6.45, 7) is 4.07. The second-order valence-electron chi connectivity index (χ2n) is 6.00. The Labute approximate surface area is 120 Å². The van der Waals surface area contributed by atoms with Crippen molar-refractivity contribution in [1.29, 1.82) is 0 Å². The SMILES string of the molecule is CC1C(N)CCCN1c1n[nH]c(CCC2CCCO2)n1. The van der Waals surface area contributed by atoms with Gasteiger partial charge in [-0.15, -0.1) is 5.10 Å². The largest absolute Gasteiger partial charge is 0.378 e. The number of hydrogen-bond acceptors (Lipinski definition) is 5. The molecule has 1 aromatic heterocycles. The van der Waals surface area contributed by atoms with Gasteiger partial charge >= 0.3 is 0 Å². The van der Waals surface area contributed by atoms with Crippen LogP contribution in [0.15, 0.2) is 0 Å². The third-order valence-electron chi connectivity index (χ3n) is 4.55. The average molecular weight is 279 g/mol. The molecule has 0 aromatic carbocycles. The molecule has 2 aliphatic rings. The molecule has 6 heteroatoms. The molecule has 0 amide bonds. The van der Waals surface area contributed by atoms with E-state index < -0.39 is 0 Å². The van der Waals surface area contributed by atoms with Crippen LogP contribution in [0.25, 0.3) is 0 Å². The second-order valence-corrected chi connectivity index (χ2v) is 6.00. The van der Waals surface area contributed by atoms with Gasteiger partial charge in [0.05, 0.1) is 6.10 Å². The molecule has 3 rings (SSSR count). The Bertz CT molecular complexity index is 429. The number of nitrogens with one attached hydrogen (secondary N) is 1. The molecule has 6 nitrogen and oxygen atoms in total. The van der Waals surface area contributed by atoms with Gasteiger partial charge in [0.25, 0.3) is 0 Å². The van der Waals surface area contributed by atoms with E-state index in [0.717, 1.165) is 50.6 Å². The molecule has 0 bridgehead atoms. The maximum absolute atomic E-state index is 6.13.